The predicted molar refractivity (Wildman–Crippen MR) is 138 cm³/mol. The second-order valence-electron chi connectivity index (χ2n) is 7.45. The van der Waals surface area contributed by atoms with Gasteiger partial charge in [-0.3, -0.25) is 40.5 Å². The maximum atomic E-state index is 11.3. The molecule has 20 nitrogen and oxygen atoms in total. The molecule has 0 spiro atoms. The first-order chi connectivity index (χ1) is 19.6. The molecule has 0 radical (unpaired) electrons. The fraction of sp³-hybridized carbons (Fsp3) is 0.409. The molecule has 2 aromatic rings. The van der Waals surface area contributed by atoms with Crippen LogP contribution in [-0.4, -0.2) is 78.0 Å². The largest absolute Gasteiger partial charge is 0.487 e. The van der Waals surface area contributed by atoms with Gasteiger partial charge in [-0.25, -0.2) is 0 Å². The highest BCUT2D eigenvalue weighted by Gasteiger charge is 2.30. The van der Waals surface area contributed by atoms with E-state index in [1.54, 1.807) is 6.07 Å². The fourth-order valence-corrected chi connectivity index (χ4v) is 3.16. The molecular weight excluding hydrogens is 574 g/mol. The minimum Gasteiger partial charge on any atom is -0.487 e. The number of hydrogen-bond donors (Lipinski definition) is 0. The van der Waals surface area contributed by atoms with Crippen molar-refractivity contribution < 1.29 is 53.6 Å². The van der Waals surface area contributed by atoms with E-state index in [9.17, 15) is 40.5 Å². The molecule has 0 amide bonds. The van der Waals surface area contributed by atoms with Gasteiger partial charge in [0.15, 0.2) is 23.0 Å². The smallest absolute Gasteiger partial charge is 0.350 e. The first-order valence-corrected chi connectivity index (χ1v) is 11.5. The van der Waals surface area contributed by atoms with Crippen molar-refractivity contribution in [1.29, 1.82) is 5.26 Å². The van der Waals surface area contributed by atoms with Crippen LogP contribution in [0.3, 0.4) is 0 Å². The Morgan fingerprint density at radius 3 is 0.905 bits per heavy atom. The van der Waals surface area contributed by atoms with Crippen LogP contribution in [0, 0.1) is 51.8 Å². The third-order valence-corrected chi connectivity index (χ3v) is 4.81. The van der Waals surface area contributed by atoms with E-state index in [1.165, 1.54) is 6.92 Å². The number of nitro groups is 4. The first kappa shape index (κ1) is 34.6. The van der Waals surface area contributed by atoms with Crippen molar-refractivity contribution in [2.75, 3.05) is 52.9 Å². The van der Waals surface area contributed by atoms with Gasteiger partial charge in [-0.15, -0.1) is 0 Å². The van der Waals surface area contributed by atoms with Crippen molar-refractivity contribution in [3.8, 4) is 29.1 Å². The Balaban J connectivity index is 0.00000211. The molecule has 0 aromatic heterocycles. The molecule has 0 aliphatic carbocycles. The van der Waals surface area contributed by atoms with Crippen molar-refractivity contribution in [3.05, 3.63) is 64.7 Å². The average molecular weight is 599 g/mol. The monoisotopic (exact) mass is 599 g/mol. The third-order valence-electron chi connectivity index (χ3n) is 4.81. The van der Waals surface area contributed by atoms with Gasteiger partial charge in [0, 0.05) is 6.92 Å². The van der Waals surface area contributed by atoms with Crippen LogP contribution in [0.2, 0.25) is 0 Å². The molecule has 0 saturated heterocycles. The molecule has 0 unspecified atom stereocenters. The summed E-state index contributed by atoms with van der Waals surface area (Å²) >= 11 is 0. The number of nitriles is 1. The van der Waals surface area contributed by atoms with Crippen molar-refractivity contribution in [1.82, 2.24) is 0 Å². The Hall–Kier alpha value is -5.39. The number of fused-ring (bicyclic) bond motifs is 2. The summed E-state index contributed by atoms with van der Waals surface area (Å²) in [5, 5.41) is 52.4. The summed E-state index contributed by atoms with van der Waals surface area (Å²) in [5.41, 5.74) is -3.13. The molecule has 2 N–H and O–H groups in total. The number of ether oxygens (including phenoxy) is 6. The summed E-state index contributed by atoms with van der Waals surface area (Å²) in [5.74, 6) is -0.465. The molecule has 0 fully saturated rings. The normalized spacial score (nSPS) is 13.7. The van der Waals surface area contributed by atoms with E-state index >= 15 is 0 Å². The Kier molecular flexibility index (Phi) is 14.3. The van der Waals surface area contributed by atoms with E-state index in [1.807, 2.05) is 0 Å². The minimum absolute atomic E-state index is 0. The molecule has 1 aliphatic rings. The molecule has 0 atom stereocenters. The summed E-state index contributed by atoms with van der Waals surface area (Å²) in [4.78, 5) is 41.4. The fourth-order valence-electron chi connectivity index (χ4n) is 3.16. The van der Waals surface area contributed by atoms with Gasteiger partial charge in [0.25, 0.3) is 0 Å². The van der Waals surface area contributed by atoms with E-state index in [0.717, 1.165) is 24.3 Å². The molecule has 1 aliphatic heterocycles. The van der Waals surface area contributed by atoms with Crippen LogP contribution in [0.4, 0.5) is 22.7 Å². The summed E-state index contributed by atoms with van der Waals surface area (Å²) in [6.45, 7) is 0.763. The Bertz CT molecular complexity index is 1130. The van der Waals surface area contributed by atoms with Gasteiger partial charge in [0.05, 0.1) is 76.5 Å². The van der Waals surface area contributed by atoms with Crippen LogP contribution in [0.5, 0.6) is 23.0 Å². The number of nitrogens with zero attached hydrogens (tertiary/aromatic N) is 5. The van der Waals surface area contributed by atoms with E-state index < -0.39 is 42.4 Å². The lowest BCUT2D eigenvalue weighted by Crippen LogP contribution is -2.16. The van der Waals surface area contributed by atoms with Crippen LogP contribution in [0.25, 0.3) is 0 Å². The van der Waals surface area contributed by atoms with Gasteiger partial charge in [0.1, 0.15) is 26.4 Å². The van der Waals surface area contributed by atoms with Crippen LogP contribution in [-0.2, 0) is 9.47 Å². The van der Waals surface area contributed by atoms with Gasteiger partial charge < -0.3 is 33.9 Å². The Labute approximate surface area is 235 Å². The van der Waals surface area contributed by atoms with Crippen LogP contribution in [0.1, 0.15) is 6.92 Å². The summed E-state index contributed by atoms with van der Waals surface area (Å²) in [7, 11) is 0. The zero-order valence-electron chi connectivity index (χ0n) is 21.9. The highest BCUT2D eigenvalue weighted by Crippen LogP contribution is 2.40. The number of rotatable bonds is 4. The van der Waals surface area contributed by atoms with E-state index in [4.69, 9.17) is 33.7 Å². The summed E-state index contributed by atoms with van der Waals surface area (Å²) in [6.07, 6.45) is 0. The quantitative estimate of drug-likeness (QED) is 0.360. The molecule has 42 heavy (non-hydrogen) atoms. The van der Waals surface area contributed by atoms with Gasteiger partial charge in [-0.1, -0.05) is 0 Å². The van der Waals surface area contributed by atoms with E-state index in [2.05, 4.69) is 0 Å². The molecule has 3 rings (SSSR count). The minimum atomic E-state index is -0.916. The van der Waals surface area contributed by atoms with Gasteiger partial charge >= 0.3 is 22.7 Å². The van der Waals surface area contributed by atoms with E-state index in [0.29, 0.717) is 0 Å². The van der Waals surface area contributed by atoms with Crippen molar-refractivity contribution in [3.63, 3.8) is 0 Å². The lowest BCUT2D eigenvalue weighted by atomic mass is 10.2. The number of hydrogen-bond acceptors (Lipinski definition) is 15. The lowest BCUT2D eigenvalue weighted by molar-refractivity contribution is -0.422. The standard InChI is InChI=1S/C20H20N4O14.C2H3N.H2O/c25-21(26)13-9-17-18(10-14(13)22(27)28)37-7-3-34-4-8-38-20-12-16(24(31)32)15(23(29)30)11-19(20)36-6-2-33-1-5-35-17;1-2-3;/h9-12H,1-8H2;1H3;1H2. The first-order valence-electron chi connectivity index (χ1n) is 11.5. The topological polar surface area (TPSA) is 283 Å². The van der Waals surface area contributed by atoms with E-state index in [-0.39, 0.29) is 81.3 Å². The van der Waals surface area contributed by atoms with Gasteiger partial charge in [-0.2, -0.15) is 5.26 Å². The predicted octanol–water partition coefficient (Wildman–Crippen LogP) is 2.29. The number of benzene rings is 2. The Morgan fingerprint density at radius 1 is 0.548 bits per heavy atom. The zero-order valence-corrected chi connectivity index (χ0v) is 21.9. The highest BCUT2D eigenvalue weighted by atomic mass is 16.7. The molecule has 228 valence electrons. The second kappa shape index (κ2) is 17.3. The molecule has 0 saturated carbocycles. The Morgan fingerprint density at radius 2 is 0.738 bits per heavy atom. The highest BCUT2D eigenvalue weighted by molar-refractivity contribution is 5.63. The average Bonchev–Trinajstić information content (AvgIpc) is 2.91. The summed E-state index contributed by atoms with van der Waals surface area (Å²) < 4.78 is 32.6. The molecule has 0 bridgehead atoms. The SMILES string of the molecule is CC#N.O.O=[N+]([O-])c1cc2c(cc1[N+](=O)[O-])OCCOCCOc1cc([N+](=O)[O-])c([N+](=O)[O-])cc1OCCOCCO2. The maximum absolute atomic E-state index is 11.3. The van der Waals surface area contributed by atoms with Gasteiger partial charge in [0.2, 0.25) is 0 Å². The van der Waals surface area contributed by atoms with Crippen molar-refractivity contribution in [2.24, 2.45) is 0 Å². The van der Waals surface area contributed by atoms with Crippen LogP contribution >= 0.6 is 0 Å². The second-order valence-corrected chi connectivity index (χ2v) is 7.45. The van der Waals surface area contributed by atoms with Crippen LogP contribution in [0.15, 0.2) is 24.3 Å². The van der Waals surface area contributed by atoms with Crippen molar-refractivity contribution in [2.45, 2.75) is 6.92 Å². The van der Waals surface area contributed by atoms with Gasteiger partial charge in [-0.05, 0) is 0 Å². The zero-order chi connectivity index (χ0) is 30.4. The van der Waals surface area contributed by atoms with Crippen LogP contribution < -0.4 is 18.9 Å². The molecular formula is C22H25N5O15. The van der Waals surface area contributed by atoms with Crippen molar-refractivity contribution >= 4 is 22.7 Å². The molecule has 2 aromatic carbocycles. The molecule has 20 heteroatoms. The summed E-state index contributed by atoms with van der Waals surface area (Å²) in [6, 6.07) is 5.28. The molecule has 1 heterocycles. The maximum Gasteiger partial charge on any atom is 0.350 e. The third kappa shape index (κ3) is 9.97. The number of nitro benzene ring substituents is 4. The lowest BCUT2D eigenvalue weighted by Gasteiger charge is -2.15.